The molecule has 2 atom stereocenters. The van der Waals surface area contributed by atoms with Crippen LogP contribution in [0.4, 0.5) is 11.4 Å². The van der Waals surface area contributed by atoms with E-state index in [4.69, 9.17) is 4.74 Å². The fourth-order valence-corrected chi connectivity index (χ4v) is 4.40. The summed E-state index contributed by atoms with van der Waals surface area (Å²) in [6.45, 7) is 5.33. The summed E-state index contributed by atoms with van der Waals surface area (Å²) >= 11 is 0. The van der Waals surface area contributed by atoms with E-state index in [1.165, 1.54) is 11.3 Å². The summed E-state index contributed by atoms with van der Waals surface area (Å²) < 4.78 is 5.39. The van der Waals surface area contributed by atoms with E-state index in [-0.39, 0.29) is 17.9 Å². The molecule has 2 aromatic carbocycles. The maximum atomic E-state index is 12.8. The summed E-state index contributed by atoms with van der Waals surface area (Å²) in [6.07, 6.45) is 0.801. The number of rotatable bonds is 4. The van der Waals surface area contributed by atoms with Gasteiger partial charge in [0.25, 0.3) is 0 Å². The number of nitrogens with zero attached hydrogens (tertiary/aromatic N) is 2. The van der Waals surface area contributed by atoms with Crippen LogP contribution in [0.25, 0.3) is 0 Å². The fourth-order valence-electron chi connectivity index (χ4n) is 4.40. The standard InChI is InChI=1S/C22H27N3O2/c1-3-23-22(26)19-13-16-7-4-5-10-20(16)25-12-11-24(15-21(19)25)17-8-6-9-18(14-17)27-2/h4-10,14,19,21H,3,11-13,15H2,1-2H3,(H,23,26)/t19-,21-/m1/s1. The van der Waals surface area contributed by atoms with Crippen molar-refractivity contribution in [1.29, 1.82) is 0 Å². The molecular formula is C22H27N3O2. The summed E-state index contributed by atoms with van der Waals surface area (Å²) in [5.74, 6) is 0.993. The Balaban J connectivity index is 1.64. The SMILES string of the molecule is CCNC(=O)[C@@H]1Cc2ccccc2N2CCN(c3cccc(OC)c3)C[C@H]12. The molecule has 142 valence electrons. The number of benzene rings is 2. The van der Waals surface area contributed by atoms with Gasteiger partial charge in [-0.05, 0) is 37.1 Å². The average molecular weight is 365 g/mol. The van der Waals surface area contributed by atoms with Crippen molar-refractivity contribution in [2.24, 2.45) is 5.92 Å². The minimum Gasteiger partial charge on any atom is -0.497 e. The molecule has 4 rings (SSSR count). The Morgan fingerprint density at radius 1 is 1.19 bits per heavy atom. The highest BCUT2D eigenvalue weighted by molar-refractivity contribution is 5.82. The fraction of sp³-hybridized carbons (Fsp3) is 0.409. The van der Waals surface area contributed by atoms with Crippen LogP contribution in [0.5, 0.6) is 5.75 Å². The molecule has 2 aliphatic heterocycles. The minimum atomic E-state index is -0.0340. The van der Waals surface area contributed by atoms with Crippen LogP contribution in [0.1, 0.15) is 12.5 Å². The molecule has 2 heterocycles. The van der Waals surface area contributed by atoms with Crippen molar-refractivity contribution in [2.75, 3.05) is 43.1 Å². The molecule has 2 aromatic rings. The Bertz CT molecular complexity index is 823. The number of methoxy groups -OCH3 is 1. The number of carbonyl (C=O) groups is 1. The Labute approximate surface area is 160 Å². The average Bonchev–Trinajstić information content (AvgIpc) is 2.73. The zero-order valence-corrected chi connectivity index (χ0v) is 16.0. The summed E-state index contributed by atoms with van der Waals surface area (Å²) in [5.41, 5.74) is 3.72. The first kappa shape index (κ1) is 17.7. The molecular weight excluding hydrogens is 338 g/mol. The van der Waals surface area contributed by atoms with Gasteiger partial charge in [0, 0.05) is 43.6 Å². The van der Waals surface area contributed by atoms with Crippen LogP contribution in [-0.2, 0) is 11.2 Å². The number of anilines is 2. The van der Waals surface area contributed by atoms with Crippen LogP contribution in [0, 0.1) is 5.92 Å². The van der Waals surface area contributed by atoms with Crippen LogP contribution in [0.2, 0.25) is 0 Å². The number of ether oxygens (including phenoxy) is 1. The van der Waals surface area contributed by atoms with Crippen LogP contribution < -0.4 is 19.9 Å². The Hall–Kier alpha value is -2.69. The van der Waals surface area contributed by atoms with Gasteiger partial charge in [-0.3, -0.25) is 4.79 Å². The van der Waals surface area contributed by atoms with E-state index in [0.29, 0.717) is 6.54 Å². The monoisotopic (exact) mass is 365 g/mol. The lowest BCUT2D eigenvalue weighted by atomic mass is 9.83. The quantitative estimate of drug-likeness (QED) is 0.905. The number of nitrogens with one attached hydrogen (secondary N) is 1. The summed E-state index contributed by atoms with van der Waals surface area (Å²) in [4.78, 5) is 17.6. The van der Waals surface area contributed by atoms with Gasteiger partial charge in [-0.2, -0.15) is 0 Å². The van der Waals surface area contributed by atoms with Gasteiger partial charge in [0.1, 0.15) is 5.75 Å². The molecule has 5 nitrogen and oxygen atoms in total. The van der Waals surface area contributed by atoms with E-state index < -0.39 is 0 Å². The Kier molecular flexibility index (Phi) is 4.92. The second-order valence-electron chi connectivity index (χ2n) is 7.24. The molecule has 0 aliphatic carbocycles. The van der Waals surface area contributed by atoms with Crippen molar-refractivity contribution in [3.05, 3.63) is 54.1 Å². The van der Waals surface area contributed by atoms with Gasteiger partial charge in [0.15, 0.2) is 0 Å². The van der Waals surface area contributed by atoms with Crippen molar-refractivity contribution in [3.8, 4) is 5.75 Å². The van der Waals surface area contributed by atoms with Gasteiger partial charge in [0.05, 0.1) is 19.1 Å². The largest absolute Gasteiger partial charge is 0.497 e. The lowest BCUT2D eigenvalue weighted by Gasteiger charge is -2.49. The number of fused-ring (bicyclic) bond motifs is 3. The molecule has 0 spiro atoms. The molecule has 0 unspecified atom stereocenters. The number of hydrogen-bond donors (Lipinski definition) is 1. The zero-order valence-electron chi connectivity index (χ0n) is 16.0. The summed E-state index contributed by atoms with van der Waals surface area (Å²) in [5, 5.41) is 3.05. The Morgan fingerprint density at radius 3 is 2.85 bits per heavy atom. The highest BCUT2D eigenvalue weighted by Crippen LogP contribution is 2.37. The molecule has 0 saturated carbocycles. The van der Waals surface area contributed by atoms with Gasteiger partial charge < -0.3 is 19.9 Å². The second kappa shape index (κ2) is 7.51. The van der Waals surface area contributed by atoms with Gasteiger partial charge >= 0.3 is 0 Å². The third kappa shape index (κ3) is 3.34. The molecule has 1 amide bonds. The molecule has 5 heteroatoms. The van der Waals surface area contributed by atoms with Crippen molar-refractivity contribution in [3.63, 3.8) is 0 Å². The molecule has 0 radical (unpaired) electrons. The van der Waals surface area contributed by atoms with Crippen molar-refractivity contribution >= 4 is 17.3 Å². The lowest BCUT2D eigenvalue weighted by Crippen LogP contribution is -2.61. The van der Waals surface area contributed by atoms with E-state index in [9.17, 15) is 4.79 Å². The molecule has 0 aromatic heterocycles. The number of para-hydroxylation sites is 1. The third-order valence-corrected chi connectivity index (χ3v) is 5.73. The zero-order chi connectivity index (χ0) is 18.8. The summed E-state index contributed by atoms with van der Waals surface area (Å²) in [7, 11) is 1.69. The first-order valence-electron chi connectivity index (χ1n) is 9.72. The van der Waals surface area contributed by atoms with Crippen LogP contribution in [0.15, 0.2) is 48.5 Å². The molecule has 0 bridgehead atoms. The first-order chi connectivity index (χ1) is 13.2. The van der Waals surface area contributed by atoms with Gasteiger partial charge in [-0.25, -0.2) is 0 Å². The van der Waals surface area contributed by atoms with Gasteiger partial charge in [-0.15, -0.1) is 0 Å². The predicted molar refractivity (Wildman–Crippen MR) is 109 cm³/mol. The predicted octanol–water partition coefficient (Wildman–Crippen LogP) is 2.70. The van der Waals surface area contributed by atoms with Crippen molar-refractivity contribution in [1.82, 2.24) is 5.32 Å². The number of piperazine rings is 1. The van der Waals surface area contributed by atoms with Crippen LogP contribution in [-0.4, -0.2) is 45.2 Å². The van der Waals surface area contributed by atoms with Crippen molar-refractivity contribution < 1.29 is 9.53 Å². The molecule has 1 fully saturated rings. The molecule has 27 heavy (non-hydrogen) atoms. The normalized spacial score (nSPS) is 21.3. The van der Waals surface area contributed by atoms with E-state index >= 15 is 0 Å². The van der Waals surface area contributed by atoms with E-state index in [1.807, 2.05) is 19.1 Å². The molecule has 1 saturated heterocycles. The topological polar surface area (TPSA) is 44.8 Å². The van der Waals surface area contributed by atoms with Crippen molar-refractivity contribution in [2.45, 2.75) is 19.4 Å². The van der Waals surface area contributed by atoms with Crippen LogP contribution >= 0.6 is 0 Å². The smallest absolute Gasteiger partial charge is 0.225 e. The molecule has 1 N–H and O–H groups in total. The van der Waals surface area contributed by atoms with E-state index in [1.54, 1.807) is 7.11 Å². The van der Waals surface area contributed by atoms with Crippen LogP contribution in [0.3, 0.4) is 0 Å². The molecule has 2 aliphatic rings. The maximum Gasteiger partial charge on any atom is 0.225 e. The second-order valence-corrected chi connectivity index (χ2v) is 7.24. The number of carbonyl (C=O) groups excluding carboxylic acids is 1. The van der Waals surface area contributed by atoms with E-state index in [0.717, 1.165) is 37.5 Å². The summed E-state index contributed by atoms with van der Waals surface area (Å²) in [6, 6.07) is 16.9. The highest BCUT2D eigenvalue weighted by Gasteiger charge is 2.41. The van der Waals surface area contributed by atoms with E-state index in [2.05, 4.69) is 51.5 Å². The number of hydrogen-bond acceptors (Lipinski definition) is 4. The lowest BCUT2D eigenvalue weighted by molar-refractivity contribution is -0.125. The van der Waals surface area contributed by atoms with Gasteiger partial charge in [0.2, 0.25) is 5.91 Å². The first-order valence-corrected chi connectivity index (χ1v) is 9.72. The number of amides is 1. The highest BCUT2D eigenvalue weighted by atomic mass is 16.5. The van der Waals surface area contributed by atoms with Gasteiger partial charge in [-0.1, -0.05) is 24.3 Å². The minimum absolute atomic E-state index is 0.0340. The Morgan fingerprint density at radius 2 is 2.04 bits per heavy atom. The maximum absolute atomic E-state index is 12.8. The third-order valence-electron chi connectivity index (χ3n) is 5.73.